The molecular formula is C11H17N. The highest BCUT2D eigenvalue weighted by atomic mass is 14.9. The molecule has 0 aromatic heterocycles. The van der Waals surface area contributed by atoms with Crippen LogP contribution in [0.4, 0.5) is 0 Å². The van der Waals surface area contributed by atoms with Crippen LogP contribution in [0, 0.1) is 0 Å². The van der Waals surface area contributed by atoms with Crippen molar-refractivity contribution in [2.45, 2.75) is 26.7 Å². The molecule has 0 atom stereocenters. The van der Waals surface area contributed by atoms with Gasteiger partial charge < -0.3 is 5.32 Å². The van der Waals surface area contributed by atoms with Gasteiger partial charge >= 0.3 is 0 Å². The van der Waals surface area contributed by atoms with Crippen molar-refractivity contribution in [3.05, 3.63) is 35.6 Å². The Hall–Kier alpha value is -0.980. The van der Waals surface area contributed by atoms with Crippen molar-refractivity contribution in [2.24, 2.45) is 0 Å². The van der Waals surface area contributed by atoms with Gasteiger partial charge in [0, 0.05) is 12.2 Å². The summed E-state index contributed by atoms with van der Waals surface area (Å²) in [6, 6.07) is 0. The zero-order valence-electron chi connectivity index (χ0n) is 7.93. The van der Waals surface area contributed by atoms with E-state index in [2.05, 4.69) is 29.6 Å². The van der Waals surface area contributed by atoms with E-state index in [0.29, 0.717) is 0 Å². The van der Waals surface area contributed by atoms with Gasteiger partial charge in [-0.05, 0) is 24.5 Å². The van der Waals surface area contributed by atoms with Crippen molar-refractivity contribution in [1.29, 1.82) is 0 Å². The number of hydrogen-bond acceptors (Lipinski definition) is 1. The molecule has 0 saturated carbocycles. The molecule has 0 aromatic rings. The van der Waals surface area contributed by atoms with Gasteiger partial charge in [-0.25, -0.2) is 0 Å². The van der Waals surface area contributed by atoms with Gasteiger partial charge in [0.15, 0.2) is 0 Å². The lowest BCUT2D eigenvalue weighted by Gasteiger charge is -1.94. The molecule has 0 radical (unpaired) electrons. The van der Waals surface area contributed by atoms with E-state index in [4.69, 9.17) is 0 Å². The lowest BCUT2D eigenvalue weighted by atomic mass is 10.2. The Morgan fingerprint density at radius 1 is 1.17 bits per heavy atom. The molecule has 0 saturated heterocycles. The molecule has 2 rings (SSSR count). The molecule has 0 bridgehead atoms. The summed E-state index contributed by atoms with van der Waals surface area (Å²) in [6.07, 6.45) is 11.1. The van der Waals surface area contributed by atoms with Crippen LogP contribution in [-0.4, -0.2) is 6.54 Å². The van der Waals surface area contributed by atoms with Crippen molar-refractivity contribution < 1.29 is 0 Å². The van der Waals surface area contributed by atoms with Crippen LogP contribution in [0.15, 0.2) is 35.6 Å². The fourth-order valence-electron chi connectivity index (χ4n) is 1.39. The maximum Gasteiger partial charge on any atom is 0.0370 e. The van der Waals surface area contributed by atoms with E-state index in [-0.39, 0.29) is 0 Å². The first-order chi connectivity index (χ1) is 5.97. The van der Waals surface area contributed by atoms with Crippen molar-refractivity contribution in [3.8, 4) is 0 Å². The topological polar surface area (TPSA) is 12.0 Å². The third kappa shape index (κ3) is 2.00. The van der Waals surface area contributed by atoms with E-state index in [0.717, 1.165) is 13.0 Å². The van der Waals surface area contributed by atoms with E-state index in [1.807, 2.05) is 13.8 Å². The fourth-order valence-corrected chi connectivity index (χ4v) is 1.39. The standard InChI is InChI=1S/C9H11N.C2H6/c1-2-4-8-6-7-10-9(8)5-3-1;1-2/h2-5,10H,1,6-7H2;1-2H3. The summed E-state index contributed by atoms with van der Waals surface area (Å²) in [4.78, 5) is 0. The predicted molar refractivity (Wildman–Crippen MR) is 53.9 cm³/mol. The molecule has 1 nitrogen and oxygen atoms in total. The minimum Gasteiger partial charge on any atom is -0.384 e. The maximum absolute atomic E-state index is 3.34. The molecule has 1 heteroatoms. The lowest BCUT2D eigenvalue weighted by Crippen LogP contribution is -2.04. The number of hydrogen-bond donors (Lipinski definition) is 1. The average Bonchev–Trinajstić information content (AvgIpc) is 2.46. The highest BCUT2D eigenvalue weighted by Gasteiger charge is 2.08. The number of allylic oxidation sites excluding steroid dienone is 4. The van der Waals surface area contributed by atoms with Crippen LogP contribution in [0.1, 0.15) is 26.7 Å². The highest BCUT2D eigenvalue weighted by molar-refractivity contribution is 5.37. The first-order valence-electron chi connectivity index (χ1n) is 4.77. The van der Waals surface area contributed by atoms with Gasteiger partial charge in [0.1, 0.15) is 0 Å². The highest BCUT2D eigenvalue weighted by Crippen LogP contribution is 2.18. The van der Waals surface area contributed by atoms with Gasteiger partial charge in [0.25, 0.3) is 0 Å². The molecule has 0 amide bonds. The molecule has 66 valence electrons. The fraction of sp³-hybridized carbons (Fsp3) is 0.455. The second-order valence-electron chi connectivity index (χ2n) is 2.66. The summed E-state index contributed by atoms with van der Waals surface area (Å²) in [7, 11) is 0. The van der Waals surface area contributed by atoms with Crippen LogP contribution < -0.4 is 5.32 Å². The molecule has 12 heavy (non-hydrogen) atoms. The van der Waals surface area contributed by atoms with E-state index in [9.17, 15) is 0 Å². The summed E-state index contributed by atoms with van der Waals surface area (Å²) in [6.45, 7) is 5.11. The van der Waals surface area contributed by atoms with Gasteiger partial charge in [0.2, 0.25) is 0 Å². The van der Waals surface area contributed by atoms with Gasteiger partial charge in [-0.1, -0.05) is 32.1 Å². The quantitative estimate of drug-likeness (QED) is 0.579. The monoisotopic (exact) mass is 163 g/mol. The Kier molecular flexibility index (Phi) is 3.65. The minimum atomic E-state index is 1.08. The summed E-state index contributed by atoms with van der Waals surface area (Å²) in [5, 5.41) is 3.34. The molecule has 1 N–H and O–H groups in total. The second kappa shape index (κ2) is 4.81. The Bertz CT molecular complexity index is 199. The average molecular weight is 163 g/mol. The summed E-state index contributed by atoms with van der Waals surface area (Å²) in [5.41, 5.74) is 2.79. The van der Waals surface area contributed by atoms with Crippen molar-refractivity contribution in [2.75, 3.05) is 6.54 Å². The Balaban J connectivity index is 0.000000336. The maximum atomic E-state index is 3.34. The molecule has 0 unspecified atom stereocenters. The Labute approximate surface area is 74.9 Å². The smallest absolute Gasteiger partial charge is 0.0370 e. The van der Waals surface area contributed by atoms with Crippen LogP contribution in [0.2, 0.25) is 0 Å². The number of nitrogens with one attached hydrogen (secondary N) is 1. The van der Waals surface area contributed by atoms with E-state index in [1.54, 1.807) is 0 Å². The van der Waals surface area contributed by atoms with Gasteiger partial charge in [-0.2, -0.15) is 0 Å². The molecule has 0 spiro atoms. The van der Waals surface area contributed by atoms with Gasteiger partial charge in [-0.3, -0.25) is 0 Å². The molecule has 1 heterocycles. The van der Waals surface area contributed by atoms with Gasteiger partial charge in [0.05, 0.1) is 0 Å². The first kappa shape index (κ1) is 9.11. The molecular weight excluding hydrogens is 146 g/mol. The van der Waals surface area contributed by atoms with Crippen LogP contribution in [0.25, 0.3) is 0 Å². The SMILES string of the molecule is C1=CC2=C(C=CC1)NCC2.CC. The van der Waals surface area contributed by atoms with E-state index >= 15 is 0 Å². The Morgan fingerprint density at radius 2 is 1.92 bits per heavy atom. The normalized spacial score (nSPS) is 19.2. The third-order valence-electron chi connectivity index (χ3n) is 1.93. The zero-order chi connectivity index (χ0) is 8.81. The molecule has 1 aliphatic heterocycles. The zero-order valence-corrected chi connectivity index (χ0v) is 7.93. The van der Waals surface area contributed by atoms with Crippen molar-refractivity contribution in [1.82, 2.24) is 5.32 Å². The molecule has 1 aliphatic carbocycles. The predicted octanol–water partition coefficient (Wildman–Crippen LogP) is 2.78. The molecule has 0 fully saturated rings. The van der Waals surface area contributed by atoms with Crippen LogP contribution in [-0.2, 0) is 0 Å². The largest absolute Gasteiger partial charge is 0.384 e. The van der Waals surface area contributed by atoms with Gasteiger partial charge in [-0.15, -0.1) is 0 Å². The van der Waals surface area contributed by atoms with E-state index < -0.39 is 0 Å². The van der Waals surface area contributed by atoms with Crippen LogP contribution in [0.5, 0.6) is 0 Å². The molecule has 2 aliphatic rings. The number of rotatable bonds is 0. The summed E-state index contributed by atoms with van der Waals surface area (Å²) >= 11 is 0. The van der Waals surface area contributed by atoms with Crippen LogP contribution in [0.3, 0.4) is 0 Å². The molecule has 0 aromatic carbocycles. The van der Waals surface area contributed by atoms with Crippen LogP contribution >= 0.6 is 0 Å². The summed E-state index contributed by atoms with van der Waals surface area (Å²) < 4.78 is 0. The Morgan fingerprint density at radius 3 is 2.75 bits per heavy atom. The third-order valence-corrected chi connectivity index (χ3v) is 1.93. The lowest BCUT2D eigenvalue weighted by molar-refractivity contribution is 0.887. The summed E-state index contributed by atoms with van der Waals surface area (Å²) in [5.74, 6) is 0. The van der Waals surface area contributed by atoms with Crippen molar-refractivity contribution in [3.63, 3.8) is 0 Å². The first-order valence-corrected chi connectivity index (χ1v) is 4.77. The van der Waals surface area contributed by atoms with Crippen molar-refractivity contribution >= 4 is 0 Å². The minimum absolute atomic E-state index is 1.08. The van der Waals surface area contributed by atoms with E-state index in [1.165, 1.54) is 17.7 Å². The second-order valence-corrected chi connectivity index (χ2v) is 2.66.